The molecule has 104 valence electrons. The molecule has 0 saturated heterocycles. The highest BCUT2D eigenvalue weighted by atomic mass is 16.4. The molecule has 0 radical (unpaired) electrons. The van der Waals surface area contributed by atoms with Crippen molar-refractivity contribution in [1.29, 1.82) is 0 Å². The normalized spacial score (nSPS) is 22.2. The number of aromatic amines is 1. The fraction of sp³-hybridized carbons (Fsp3) is 0.583. The number of carbonyl (C=O) groups excluding carboxylic acids is 1. The number of carbonyl (C=O) groups is 2. The van der Waals surface area contributed by atoms with Gasteiger partial charge in [-0.2, -0.15) is 5.10 Å². The molecule has 1 aromatic rings. The topological polar surface area (TPSA) is 107 Å². The van der Waals surface area contributed by atoms with Crippen molar-refractivity contribution >= 4 is 12.0 Å². The molecule has 2 amide bonds. The van der Waals surface area contributed by atoms with Crippen LogP contribution >= 0.6 is 0 Å². The summed E-state index contributed by atoms with van der Waals surface area (Å²) >= 11 is 0. The Bertz CT molecular complexity index is 471. The van der Waals surface area contributed by atoms with Crippen LogP contribution < -0.4 is 10.6 Å². The summed E-state index contributed by atoms with van der Waals surface area (Å²) in [6, 6.07) is -0.316. The van der Waals surface area contributed by atoms with Crippen molar-refractivity contribution in [2.45, 2.75) is 38.8 Å². The first-order valence-electron chi connectivity index (χ1n) is 6.32. The molecule has 1 heterocycles. The van der Waals surface area contributed by atoms with Gasteiger partial charge in [-0.05, 0) is 26.2 Å². The molecular weight excluding hydrogens is 248 g/mol. The second-order valence-corrected chi connectivity index (χ2v) is 4.89. The summed E-state index contributed by atoms with van der Waals surface area (Å²) in [5.74, 6) is -1.11. The van der Waals surface area contributed by atoms with Gasteiger partial charge in [0.15, 0.2) is 0 Å². The Morgan fingerprint density at radius 1 is 1.53 bits per heavy atom. The summed E-state index contributed by atoms with van der Waals surface area (Å²) in [5.41, 5.74) is 1.86. The molecular formula is C12H18N4O3. The van der Waals surface area contributed by atoms with E-state index in [1.807, 2.05) is 6.92 Å². The number of H-pyrrole nitrogens is 1. The van der Waals surface area contributed by atoms with E-state index >= 15 is 0 Å². The Morgan fingerprint density at radius 3 is 2.89 bits per heavy atom. The number of aromatic nitrogens is 2. The van der Waals surface area contributed by atoms with E-state index in [9.17, 15) is 9.59 Å². The van der Waals surface area contributed by atoms with Crippen LogP contribution in [-0.2, 0) is 11.3 Å². The number of carboxylic acids is 1. The van der Waals surface area contributed by atoms with E-state index in [4.69, 9.17) is 5.11 Å². The molecule has 4 N–H and O–H groups in total. The fourth-order valence-electron chi connectivity index (χ4n) is 2.30. The number of urea groups is 1. The molecule has 1 aliphatic carbocycles. The molecule has 0 spiro atoms. The van der Waals surface area contributed by atoms with Crippen LogP contribution in [0.25, 0.3) is 0 Å². The molecule has 1 fully saturated rings. The molecule has 2 atom stereocenters. The van der Waals surface area contributed by atoms with Gasteiger partial charge < -0.3 is 15.7 Å². The zero-order chi connectivity index (χ0) is 13.8. The minimum atomic E-state index is -0.779. The molecule has 0 aromatic carbocycles. The number of aliphatic carboxylic acids is 1. The van der Waals surface area contributed by atoms with Crippen molar-refractivity contribution in [3.63, 3.8) is 0 Å². The third-order valence-corrected chi connectivity index (χ3v) is 3.49. The molecule has 7 nitrogen and oxygen atoms in total. The number of aryl methyl sites for hydroxylation is 1. The summed E-state index contributed by atoms with van der Waals surface area (Å²) in [6.07, 6.45) is 3.52. The predicted molar refractivity (Wildman–Crippen MR) is 67.5 cm³/mol. The molecule has 0 bridgehead atoms. The maximum Gasteiger partial charge on any atom is 0.315 e. The van der Waals surface area contributed by atoms with Crippen molar-refractivity contribution in [3.05, 3.63) is 17.5 Å². The maximum atomic E-state index is 11.7. The largest absolute Gasteiger partial charge is 0.481 e. The van der Waals surface area contributed by atoms with Gasteiger partial charge in [0.25, 0.3) is 0 Å². The van der Waals surface area contributed by atoms with Crippen LogP contribution in [0.15, 0.2) is 6.20 Å². The number of hydrogen-bond donors (Lipinski definition) is 4. The molecule has 7 heteroatoms. The monoisotopic (exact) mass is 266 g/mol. The molecule has 2 rings (SSSR count). The Kier molecular flexibility index (Phi) is 4.03. The van der Waals surface area contributed by atoms with Crippen LogP contribution in [0, 0.1) is 12.8 Å². The molecule has 19 heavy (non-hydrogen) atoms. The Balaban J connectivity index is 1.73. The van der Waals surface area contributed by atoms with Crippen LogP contribution in [0.3, 0.4) is 0 Å². The van der Waals surface area contributed by atoms with Gasteiger partial charge in [-0.25, -0.2) is 4.79 Å². The van der Waals surface area contributed by atoms with Gasteiger partial charge in [0.05, 0.1) is 12.1 Å². The Morgan fingerprint density at radius 2 is 2.32 bits per heavy atom. The lowest BCUT2D eigenvalue weighted by Gasteiger charge is -2.13. The zero-order valence-electron chi connectivity index (χ0n) is 10.8. The van der Waals surface area contributed by atoms with Gasteiger partial charge in [0.2, 0.25) is 0 Å². The second-order valence-electron chi connectivity index (χ2n) is 4.89. The van der Waals surface area contributed by atoms with Crippen LogP contribution in [-0.4, -0.2) is 33.3 Å². The van der Waals surface area contributed by atoms with E-state index in [-0.39, 0.29) is 18.0 Å². The van der Waals surface area contributed by atoms with Crippen molar-refractivity contribution in [1.82, 2.24) is 20.8 Å². The summed E-state index contributed by atoms with van der Waals surface area (Å²) in [6.45, 7) is 2.29. The van der Waals surface area contributed by atoms with Crippen molar-refractivity contribution in [2.24, 2.45) is 5.92 Å². The number of rotatable bonds is 4. The summed E-state index contributed by atoms with van der Waals surface area (Å²) in [4.78, 5) is 22.5. The first kappa shape index (κ1) is 13.4. The quantitative estimate of drug-likeness (QED) is 0.645. The van der Waals surface area contributed by atoms with Crippen molar-refractivity contribution in [3.8, 4) is 0 Å². The lowest BCUT2D eigenvalue weighted by Crippen LogP contribution is -2.40. The number of nitrogens with one attached hydrogen (secondary N) is 3. The maximum absolute atomic E-state index is 11.7. The zero-order valence-corrected chi connectivity index (χ0v) is 10.8. The third-order valence-electron chi connectivity index (χ3n) is 3.49. The van der Waals surface area contributed by atoms with E-state index in [1.165, 1.54) is 0 Å². The average molecular weight is 266 g/mol. The summed E-state index contributed by atoms with van der Waals surface area (Å²) in [5, 5.41) is 21.1. The first-order chi connectivity index (χ1) is 9.06. The molecule has 2 unspecified atom stereocenters. The molecule has 0 aliphatic heterocycles. The van der Waals surface area contributed by atoms with E-state index in [0.717, 1.165) is 17.7 Å². The summed E-state index contributed by atoms with van der Waals surface area (Å²) in [7, 11) is 0. The van der Waals surface area contributed by atoms with Crippen LogP contribution in [0.4, 0.5) is 4.79 Å². The van der Waals surface area contributed by atoms with Crippen molar-refractivity contribution < 1.29 is 14.7 Å². The van der Waals surface area contributed by atoms with Gasteiger partial charge >= 0.3 is 12.0 Å². The lowest BCUT2D eigenvalue weighted by molar-refractivity contribution is -0.141. The third kappa shape index (κ3) is 3.46. The number of hydrogen-bond acceptors (Lipinski definition) is 3. The summed E-state index contributed by atoms with van der Waals surface area (Å²) < 4.78 is 0. The highest BCUT2D eigenvalue weighted by molar-refractivity contribution is 5.75. The van der Waals surface area contributed by atoms with Gasteiger partial charge in [0.1, 0.15) is 0 Å². The second kappa shape index (κ2) is 5.73. The first-order valence-corrected chi connectivity index (χ1v) is 6.32. The Hall–Kier alpha value is -2.05. The minimum Gasteiger partial charge on any atom is -0.481 e. The minimum absolute atomic E-state index is 0.0495. The van der Waals surface area contributed by atoms with Gasteiger partial charge in [-0.3, -0.25) is 9.89 Å². The SMILES string of the molecule is Cc1[nH]ncc1CNC(=O)NC1CCC(C(=O)O)C1. The highest BCUT2D eigenvalue weighted by Gasteiger charge is 2.30. The molecule has 1 saturated carbocycles. The van der Waals surface area contributed by atoms with E-state index in [0.29, 0.717) is 19.4 Å². The standard InChI is InChI=1S/C12H18N4O3/c1-7-9(6-14-16-7)5-13-12(19)15-10-3-2-8(4-10)11(17)18/h6,8,10H,2-5H2,1H3,(H,14,16)(H,17,18)(H2,13,15,19). The van der Waals surface area contributed by atoms with Gasteiger partial charge in [-0.1, -0.05) is 0 Å². The fourth-order valence-corrected chi connectivity index (χ4v) is 2.30. The Labute approximate surface area is 110 Å². The lowest BCUT2D eigenvalue weighted by atomic mass is 10.1. The number of carboxylic acid groups (broad SMARTS) is 1. The highest BCUT2D eigenvalue weighted by Crippen LogP contribution is 2.25. The van der Waals surface area contributed by atoms with E-state index in [1.54, 1.807) is 6.20 Å². The smallest absolute Gasteiger partial charge is 0.315 e. The average Bonchev–Trinajstić information content (AvgIpc) is 2.96. The molecule has 1 aliphatic rings. The van der Waals surface area contributed by atoms with Crippen LogP contribution in [0.5, 0.6) is 0 Å². The molecule has 1 aromatic heterocycles. The van der Waals surface area contributed by atoms with Crippen LogP contribution in [0.2, 0.25) is 0 Å². The van der Waals surface area contributed by atoms with Crippen molar-refractivity contribution in [2.75, 3.05) is 0 Å². The van der Waals surface area contributed by atoms with Crippen LogP contribution in [0.1, 0.15) is 30.5 Å². The van der Waals surface area contributed by atoms with Gasteiger partial charge in [-0.15, -0.1) is 0 Å². The van der Waals surface area contributed by atoms with E-state index in [2.05, 4.69) is 20.8 Å². The number of nitrogens with zero attached hydrogens (tertiary/aromatic N) is 1. The number of amides is 2. The van der Waals surface area contributed by atoms with E-state index < -0.39 is 5.97 Å². The van der Waals surface area contributed by atoms with Gasteiger partial charge in [0, 0.05) is 23.8 Å². The predicted octanol–water partition coefficient (Wildman–Crippen LogP) is 0.771.